The van der Waals surface area contributed by atoms with Gasteiger partial charge in [-0.1, -0.05) is 42.8 Å². The van der Waals surface area contributed by atoms with Crippen molar-refractivity contribution in [2.75, 3.05) is 49.5 Å². The number of amides is 3. The molecule has 3 aromatic rings. The topological polar surface area (TPSA) is 73.0 Å². The fraction of sp³-hybridized carbons (Fsp3) is 0.276. The lowest BCUT2D eigenvalue weighted by atomic mass is 10.1. The van der Waals surface area contributed by atoms with Gasteiger partial charge in [0.2, 0.25) is 5.91 Å². The average Bonchev–Trinajstić information content (AvgIpc) is 2.93. The highest BCUT2D eigenvalue weighted by atomic mass is 35.5. The van der Waals surface area contributed by atoms with E-state index in [0.717, 1.165) is 5.69 Å². The largest absolute Gasteiger partial charge is 0.368 e. The van der Waals surface area contributed by atoms with Gasteiger partial charge in [-0.3, -0.25) is 14.4 Å². The number of nitrogens with zero attached hydrogens (tertiary/aromatic N) is 3. The first-order chi connectivity index (χ1) is 18.4. The summed E-state index contributed by atoms with van der Waals surface area (Å²) in [5.41, 5.74) is 2.04. The van der Waals surface area contributed by atoms with E-state index in [4.69, 9.17) is 11.6 Å². The highest BCUT2D eigenvalue weighted by Gasteiger charge is 2.24. The van der Waals surface area contributed by atoms with Crippen LogP contribution in [0.15, 0.2) is 72.8 Å². The van der Waals surface area contributed by atoms with Crippen molar-refractivity contribution in [2.24, 2.45) is 0 Å². The predicted molar refractivity (Wildman–Crippen MR) is 147 cm³/mol. The highest BCUT2D eigenvalue weighted by molar-refractivity contribution is 6.33. The van der Waals surface area contributed by atoms with E-state index in [9.17, 15) is 18.8 Å². The number of carbonyl (C=O) groups excluding carboxylic acids is 3. The van der Waals surface area contributed by atoms with E-state index in [1.807, 2.05) is 31.2 Å². The summed E-state index contributed by atoms with van der Waals surface area (Å²) in [6.45, 7) is 4.49. The van der Waals surface area contributed by atoms with Gasteiger partial charge in [-0.15, -0.1) is 0 Å². The number of anilines is 2. The van der Waals surface area contributed by atoms with Crippen LogP contribution in [0.4, 0.5) is 15.8 Å². The number of nitrogens with one attached hydrogen (secondary N) is 1. The van der Waals surface area contributed by atoms with Crippen molar-refractivity contribution in [3.05, 3.63) is 94.8 Å². The van der Waals surface area contributed by atoms with Crippen LogP contribution < -0.4 is 10.2 Å². The van der Waals surface area contributed by atoms with Gasteiger partial charge in [0.05, 0.1) is 16.1 Å². The van der Waals surface area contributed by atoms with Gasteiger partial charge in [-0.25, -0.2) is 4.39 Å². The Labute approximate surface area is 226 Å². The number of rotatable bonds is 8. The van der Waals surface area contributed by atoms with Crippen LogP contribution in [0.5, 0.6) is 0 Å². The molecule has 1 aliphatic rings. The summed E-state index contributed by atoms with van der Waals surface area (Å²) in [5, 5.41) is 3.21. The maximum Gasteiger partial charge on any atom is 0.256 e. The Morgan fingerprint density at radius 1 is 0.895 bits per heavy atom. The summed E-state index contributed by atoms with van der Waals surface area (Å²) < 4.78 is 14.0. The van der Waals surface area contributed by atoms with Gasteiger partial charge in [0.1, 0.15) is 12.4 Å². The Balaban J connectivity index is 1.31. The van der Waals surface area contributed by atoms with Gasteiger partial charge in [0.15, 0.2) is 0 Å². The summed E-state index contributed by atoms with van der Waals surface area (Å²) in [6, 6.07) is 20.3. The SMILES string of the molecule is CCCN(CC(=O)Nc1ccc(N2CCN(C(=O)c3ccccc3F)CC2)cc1)C(=O)c1ccccc1Cl. The zero-order valence-corrected chi connectivity index (χ0v) is 22.0. The molecule has 0 radical (unpaired) electrons. The zero-order valence-electron chi connectivity index (χ0n) is 21.2. The maximum atomic E-state index is 14.0. The first-order valence-corrected chi connectivity index (χ1v) is 13.0. The lowest BCUT2D eigenvalue weighted by Crippen LogP contribution is -2.49. The van der Waals surface area contributed by atoms with Crippen LogP contribution in [0.25, 0.3) is 0 Å². The molecule has 198 valence electrons. The molecule has 7 nitrogen and oxygen atoms in total. The molecule has 0 spiro atoms. The minimum absolute atomic E-state index is 0.0857. The first-order valence-electron chi connectivity index (χ1n) is 12.6. The molecule has 1 fully saturated rings. The maximum absolute atomic E-state index is 14.0. The fourth-order valence-corrected chi connectivity index (χ4v) is 4.65. The summed E-state index contributed by atoms with van der Waals surface area (Å²) in [6.07, 6.45) is 0.706. The summed E-state index contributed by atoms with van der Waals surface area (Å²) >= 11 is 6.18. The third-order valence-electron chi connectivity index (χ3n) is 6.41. The minimum Gasteiger partial charge on any atom is -0.368 e. The van der Waals surface area contributed by atoms with Gasteiger partial charge in [-0.2, -0.15) is 0 Å². The minimum atomic E-state index is -0.511. The van der Waals surface area contributed by atoms with Crippen LogP contribution in [-0.4, -0.2) is 66.8 Å². The van der Waals surface area contributed by atoms with Crippen LogP contribution in [-0.2, 0) is 4.79 Å². The molecule has 1 N–H and O–H groups in total. The van der Waals surface area contributed by atoms with Gasteiger partial charge in [0, 0.05) is 44.1 Å². The standard InChI is InChI=1S/C29H30ClFN4O3/c1-2-15-35(28(37)23-7-3-5-9-25(23)30)20-27(36)32-21-11-13-22(14-12-21)33-16-18-34(19-17-33)29(38)24-8-4-6-10-26(24)31/h3-14H,2,15-20H2,1H3,(H,32,36). The highest BCUT2D eigenvalue weighted by Crippen LogP contribution is 2.21. The van der Waals surface area contributed by atoms with Gasteiger partial charge in [-0.05, 0) is 55.0 Å². The molecule has 0 saturated carbocycles. The zero-order chi connectivity index (χ0) is 27.1. The van der Waals surface area contributed by atoms with E-state index in [0.29, 0.717) is 55.4 Å². The summed E-state index contributed by atoms with van der Waals surface area (Å²) in [5.74, 6) is -1.39. The molecule has 0 aliphatic carbocycles. The number of benzene rings is 3. The number of halogens is 2. The van der Waals surface area contributed by atoms with E-state index >= 15 is 0 Å². The number of carbonyl (C=O) groups is 3. The fourth-order valence-electron chi connectivity index (χ4n) is 4.43. The Hall–Kier alpha value is -3.91. The number of hydrogen-bond donors (Lipinski definition) is 1. The van der Waals surface area contributed by atoms with Crippen LogP contribution in [0, 0.1) is 5.82 Å². The van der Waals surface area contributed by atoms with Crippen LogP contribution in [0.1, 0.15) is 34.1 Å². The smallest absolute Gasteiger partial charge is 0.256 e. The first kappa shape index (κ1) is 27.1. The molecular formula is C29H30ClFN4O3. The normalized spacial score (nSPS) is 13.2. The number of piperazine rings is 1. The van der Waals surface area contributed by atoms with Crippen molar-refractivity contribution in [1.29, 1.82) is 0 Å². The predicted octanol–water partition coefficient (Wildman–Crippen LogP) is 4.93. The molecule has 3 amide bonds. The monoisotopic (exact) mass is 536 g/mol. The molecule has 38 heavy (non-hydrogen) atoms. The molecule has 0 atom stereocenters. The molecule has 4 rings (SSSR count). The van der Waals surface area contributed by atoms with E-state index in [1.54, 1.807) is 41.3 Å². The second-order valence-electron chi connectivity index (χ2n) is 9.06. The van der Waals surface area contributed by atoms with Crippen LogP contribution in [0.2, 0.25) is 5.02 Å². The quantitative estimate of drug-likeness (QED) is 0.443. The Morgan fingerprint density at radius 2 is 1.53 bits per heavy atom. The summed E-state index contributed by atoms with van der Waals surface area (Å²) in [4.78, 5) is 43.6. The second-order valence-corrected chi connectivity index (χ2v) is 9.47. The molecule has 9 heteroatoms. The van der Waals surface area contributed by atoms with Gasteiger partial charge in [0.25, 0.3) is 11.8 Å². The molecule has 1 saturated heterocycles. The lowest BCUT2D eigenvalue weighted by molar-refractivity contribution is -0.116. The molecule has 0 aromatic heterocycles. The Bertz CT molecular complexity index is 1290. The number of hydrogen-bond acceptors (Lipinski definition) is 4. The van der Waals surface area contributed by atoms with E-state index < -0.39 is 5.82 Å². The molecule has 1 aliphatic heterocycles. The van der Waals surface area contributed by atoms with Gasteiger partial charge < -0.3 is 20.0 Å². The van der Waals surface area contributed by atoms with E-state index in [-0.39, 0.29) is 29.8 Å². The van der Waals surface area contributed by atoms with Crippen molar-refractivity contribution in [1.82, 2.24) is 9.80 Å². The molecule has 0 bridgehead atoms. The Kier molecular flexibility index (Phi) is 8.97. The average molecular weight is 537 g/mol. The van der Waals surface area contributed by atoms with E-state index in [2.05, 4.69) is 10.2 Å². The van der Waals surface area contributed by atoms with Crippen LogP contribution >= 0.6 is 11.6 Å². The van der Waals surface area contributed by atoms with Gasteiger partial charge >= 0.3 is 0 Å². The van der Waals surface area contributed by atoms with E-state index in [1.165, 1.54) is 17.0 Å². The lowest BCUT2D eigenvalue weighted by Gasteiger charge is -2.36. The molecular weight excluding hydrogens is 507 g/mol. The van der Waals surface area contributed by atoms with Crippen molar-refractivity contribution in [3.8, 4) is 0 Å². The van der Waals surface area contributed by atoms with Crippen molar-refractivity contribution in [3.63, 3.8) is 0 Å². The third kappa shape index (κ3) is 6.50. The molecule has 0 unspecified atom stereocenters. The van der Waals surface area contributed by atoms with Crippen molar-refractivity contribution in [2.45, 2.75) is 13.3 Å². The van der Waals surface area contributed by atoms with Crippen molar-refractivity contribution >= 4 is 40.7 Å². The summed E-state index contributed by atoms with van der Waals surface area (Å²) in [7, 11) is 0. The third-order valence-corrected chi connectivity index (χ3v) is 6.74. The molecule has 1 heterocycles. The van der Waals surface area contributed by atoms with Crippen molar-refractivity contribution < 1.29 is 18.8 Å². The Morgan fingerprint density at radius 3 is 2.16 bits per heavy atom. The second kappa shape index (κ2) is 12.6. The van der Waals surface area contributed by atoms with Crippen LogP contribution in [0.3, 0.4) is 0 Å². The molecule has 3 aromatic carbocycles.